The molecule has 0 radical (unpaired) electrons. The van der Waals surface area contributed by atoms with Gasteiger partial charge in [0, 0.05) is 49.0 Å². The van der Waals surface area contributed by atoms with Crippen LogP contribution in [0, 0.1) is 0 Å². The molecule has 14 rings (SSSR count). The highest BCUT2D eigenvalue weighted by Gasteiger charge is 2.60. The van der Waals surface area contributed by atoms with Gasteiger partial charge in [0.1, 0.15) is 11.2 Å². The van der Waals surface area contributed by atoms with Gasteiger partial charge in [-0.15, -0.1) is 0 Å². The zero-order valence-electron chi connectivity index (χ0n) is 47.0. The van der Waals surface area contributed by atoms with Crippen LogP contribution in [-0.4, -0.2) is 16.1 Å². The maximum atomic E-state index is 6.82. The summed E-state index contributed by atoms with van der Waals surface area (Å²) in [4.78, 5) is 4.84. The summed E-state index contributed by atoms with van der Waals surface area (Å²) >= 11 is 0. The minimum atomic E-state index is -2.19. The number of benzene rings is 11. The molecule has 388 valence electrons. The van der Waals surface area contributed by atoms with E-state index in [9.17, 15) is 0 Å². The van der Waals surface area contributed by atoms with Crippen molar-refractivity contribution in [1.82, 2.24) is 0 Å². The number of furan rings is 2. The van der Waals surface area contributed by atoms with Crippen molar-refractivity contribution in [2.75, 3.05) is 9.80 Å². The minimum absolute atomic E-state index is 0.156. The summed E-state index contributed by atoms with van der Waals surface area (Å²) in [5.74, 6) is 0.845. The number of anilines is 6. The Bertz CT molecular complexity index is 4570. The van der Waals surface area contributed by atoms with Crippen molar-refractivity contribution in [3.05, 3.63) is 229 Å². The molecule has 0 aliphatic heterocycles. The van der Waals surface area contributed by atoms with Crippen LogP contribution in [0.2, 0.25) is 39.3 Å². The highest BCUT2D eigenvalue weighted by Crippen LogP contribution is 2.63. The van der Waals surface area contributed by atoms with E-state index in [1.165, 1.54) is 65.7 Å². The average molecular weight is 1060 g/mol. The van der Waals surface area contributed by atoms with Gasteiger partial charge < -0.3 is 18.6 Å². The van der Waals surface area contributed by atoms with Gasteiger partial charge in [0.15, 0.2) is 11.2 Å². The van der Waals surface area contributed by atoms with Crippen molar-refractivity contribution in [2.24, 2.45) is 0 Å². The molecule has 2 heterocycles. The first-order valence-electron chi connectivity index (χ1n) is 28.3. The smallest absolute Gasteiger partial charge is 0.159 e. The zero-order chi connectivity index (χ0) is 54.3. The highest BCUT2D eigenvalue weighted by atomic mass is 28.4. The van der Waals surface area contributed by atoms with E-state index in [1.807, 2.05) is 0 Å². The van der Waals surface area contributed by atoms with E-state index in [0.29, 0.717) is 11.8 Å². The molecule has 0 saturated carbocycles. The Kier molecular flexibility index (Phi) is 11.2. The van der Waals surface area contributed by atoms with Crippen LogP contribution >= 0.6 is 0 Å². The predicted octanol–water partition coefficient (Wildman–Crippen LogP) is 22.2. The van der Waals surface area contributed by atoms with Crippen molar-refractivity contribution in [3.8, 4) is 11.1 Å². The molecule has 0 bridgehead atoms. The fraction of sp³-hybridized carbons (Fsp3) is 0.178. The lowest BCUT2D eigenvalue weighted by atomic mass is 9.90. The monoisotopic (exact) mass is 1060 g/mol. The molecule has 0 atom stereocenters. The maximum absolute atomic E-state index is 6.82. The second-order valence-electron chi connectivity index (χ2n) is 24.9. The van der Waals surface area contributed by atoms with Gasteiger partial charge in [0.05, 0.1) is 27.5 Å². The number of rotatable bonds is 10. The molecule has 13 aromatic rings. The topological polar surface area (TPSA) is 32.8 Å². The quantitative estimate of drug-likeness (QED) is 0.101. The third-order valence-corrected chi connectivity index (χ3v) is 27.7. The standard InChI is InChI=1S/C73H66N2O2Si2/c1-45(2)47-29-34-51(35-30-47)74(65-25-17-23-60-56-20-13-15-27-67(56)76-71(60)65)53-38-33-49-42-63-64(43-50(49)41-53)73(78(5,6)7,79(8,9)10)70-59-40-39-54(44-62(59)55-19-11-12-22-58(55)69(63)70)75(52-36-31-48(32-37-52)46(3)4)66-26-18-24-61-57-21-14-16-28-68(57)77-72(61)66/h11-46H,1-10H3. The van der Waals surface area contributed by atoms with Crippen LogP contribution in [0.4, 0.5) is 34.1 Å². The molecule has 0 unspecified atom stereocenters. The number of nitrogens with zero attached hydrogens (tertiary/aromatic N) is 2. The van der Waals surface area contributed by atoms with Crippen molar-refractivity contribution in [3.63, 3.8) is 0 Å². The normalized spacial score (nSPS) is 13.5. The van der Waals surface area contributed by atoms with Gasteiger partial charge in [-0.2, -0.15) is 0 Å². The first kappa shape index (κ1) is 49.2. The molecule has 0 spiro atoms. The summed E-state index contributed by atoms with van der Waals surface area (Å²) in [6, 6.07) is 77.3. The van der Waals surface area contributed by atoms with Gasteiger partial charge >= 0.3 is 0 Å². The van der Waals surface area contributed by atoms with Crippen LogP contribution in [0.15, 0.2) is 215 Å². The molecule has 79 heavy (non-hydrogen) atoms. The second-order valence-corrected chi connectivity index (χ2v) is 35.9. The van der Waals surface area contributed by atoms with Crippen molar-refractivity contribution >= 4 is 126 Å². The summed E-state index contributed by atoms with van der Waals surface area (Å²) in [5, 5.41) is 12.2. The highest BCUT2D eigenvalue weighted by molar-refractivity contribution is 7.00. The SMILES string of the molecule is CC(C)c1ccc(N(c2ccc3cc4c(cc3c2)C([Si](C)(C)C)([Si](C)(C)C)c2c-4c3ccccc3c3cc(N(c4ccc(C(C)C)cc4)c4cccc5c4oc4ccccc45)ccc23)c2cccc3c2oc2ccccc23)cc1. The van der Waals surface area contributed by atoms with Crippen LogP contribution in [0.5, 0.6) is 0 Å². The van der Waals surface area contributed by atoms with E-state index in [2.05, 4.69) is 283 Å². The Labute approximate surface area is 465 Å². The molecule has 1 aliphatic rings. The average Bonchev–Trinajstić information content (AvgIpc) is 2.05. The van der Waals surface area contributed by atoms with Gasteiger partial charge in [-0.05, 0) is 156 Å². The van der Waals surface area contributed by atoms with E-state index in [4.69, 9.17) is 8.83 Å². The lowest BCUT2D eigenvalue weighted by molar-refractivity contribution is 0.668. The molecule has 1 aliphatic carbocycles. The van der Waals surface area contributed by atoms with Gasteiger partial charge in [-0.25, -0.2) is 0 Å². The fourth-order valence-corrected chi connectivity index (χ4v) is 27.5. The fourth-order valence-electron chi connectivity index (χ4n) is 14.4. The minimum Gasteiger partial charge on any atom is -0.454 e. The van der Waals surface area contributed by atoms with Gasteiger partial charge in [-0.3, -0.25) is 0 Å². The molecule has 0 fully saturated rings. The summed E-state index contributed by atoms with van der Waals surface area (Å²) in [6.45, 7) is 24.9. The lowest BCUT2D eigenvalue weighted by Crippen LogP contribution is -2.63. The van der Waals surface area contributed by atoms with E-state index in [0.717, 1.165) is 78.0 Å². The molecular formula is C73H66N2O2Si2. The van der Waals surface area contributed by atoms with Crippen LogP contribution in [0.3, 0.4) is 0 Å². The Morgan fingerprint density at radius 3 is 1.34 bits per heavy atom. The molecular weight excluding hydrogens is 993 g/mol. The largest absolute Gasteiger partial charge is 0.454 e. The second kappa shape index (κ2) is 17.9. The Hall–Kier alpha value is -8.17. The molecule has 0 N–H and O–H groups in total. The van der Waals surface area contributed by atoms with E-state index in [1.54, 1.807) is 0 Å². The van der Waals surface area contributed by atoms with Gasteiger partial charge in [0.25, 0.3) is 0 Å². The Balaban J connectivity index is 1.01. The van der Waals surface area contributed by atoms with Crippen molar-refractivity contribution < 1.29 is 8.83 Å². The summed E-state index contributed by atoms with van der Waals surface area (Å²) in [5.41, 5.74) is 18.5. The van der Waals surface area contributed by atoms with Gasteiger partial charge in [-0.1, -0.05) is 194 Å². The Morgan fingerprint density at radius 2 is 0.823 bits per heavy atom. The Morgan fingerprint density at radius 1 is 0.367 bits per heavy atom. The van der Waals surface area contributed by atoms with Crippen molar-refractivity contribution in [2.45, 2.75) is 83.5 Å². The third kappa shape index (κ3) is 7.37. The first-order valence-corrected chi connectivity index (χ1v) is 35.3. The molecule has 6 heteroatoms. The number of hydrogen-bond donors (Lipinski definition) is 0. The molecule has 4 nitrogen and oxygen atoms in total. The summed E-state index contributed by atoms with van der Waals surface area (Å²) in [6.07, 6.45) is 0. The van der Waals surface area contributed by atoms with E-state index < -0.39 is 16.1 Å². The summed E-state index contributed by atoms with van der Waals surface area (Å²) in [7, 11) is -4.39. The van der Waals surface area contributed by atoms with E-state index >= 15 is 0 Å². The first-order chi connectivity index (χ1) is 38.1. The molecule has 11 aromatic carbocycles. The number of para-hydroxylation sites is 4. The van der Waals surface area contributed by atoms with Crippen LogP contribution in [0.25, 0.3) is 87.3 Å². The van der Waals surface area contributed by atoms with Crippen LogP contribution in [-0.2, 0) is 4.66 Å². The predicted molar refractivity (Wildman–Crippen MR) is 344 cm³/mol. The van der Waals surface area contributed by atoms with Crippen molar-refractivity contribution in [1.29, 1.82) is 0 Å². The van der Waals surface area contributed by atoms with Gasteiger partial charge in [0.2, 0.25) is 0 Å². The molecule has 0 amide bonds. The summed E-state index contributed by atoms with van der Waals surface area (Å²) < 4.78 is 13.5. The number of fused-ring (bicyclic) bond motifs is 15. The third-order valence-electron chi connectivity index (χ3n) is 17.7. The van der Waals surface area contributed by atoms with Crippen LogP contribution < -0.4 is 9.80 Å². The lowest BCUT2D eigenvalue weighted by Gasteiger charge is -2.51. The van der Waals surface area contributed by atoms with E-state index in [-0.39, 0.29) is 4.66 Å². The van der Waals surface area contributed by atoms with Crippen LogP contribution in [0.1, 0.15) is 61.8 Å². The molecule has 0 saturated heterocycles. The zero-order valence-corrected chi connectivity index (χ0v) is 49.0. The molecule has 2 aromatic heterocycles. The maximum Gasteiger partial charge on any atom is 0.159 e. The number of hydrogen-bond acceptors (Lipinski definition) is 4.